The Hall–Kier alpha value is -2.06. The van der Waals surface area contributed by atoms with Gasteiger partial charge in [-0.1, -0.05) is 33.3 Å². The number of hydrogen-bond donors (Lipinski definition) is 1. The third-order valence-electron chi connectivity index (χ3n) is 4.03. The van der Waals surface area contributed by atoms with Gasteiger partial charge in [0.05, 0.1) is 5.69 Å². The molecule has 0 atom stereocenters. The van der Waals surface area contributed by atoms with Crippen molar-refractivity contribution in [3.63, 3.8) is 0 Å². The van der Waals surface area contributed by atoms with Crippen molar-refractivity contribution in [2.45, 2.75) is 25.7 Å². The third kappa shape index (κ3) is 2.87. The van der Waals surface area contributed by atoms with E-state index in [2.05, 4.69) is 36.5 Å². The molecule has 0 fully saturated rings. The van der Waals surface area contributed by atoms with Gasteiger partial charge in [0.25, 0.3) is 5.91 Å². The SMILES string of the molecule is O=C(Nc1nncs1)c1nn(-c2cccc(Br)c2)c2c1CCCC2. The zero-order valence-electron chi connectivity index (χ0n) is 12.7. The Morgan fingerprint density at radius 3 is 2.96 bits per heavy atom. The fraction of sp³-hybridized carbons (Fsp3) is 0.250. The first-order chi connectivity index (χ1) is 11.7. The smallest absolute Gasteiger partial charge is 0.278 e. The van der Waals surface area contributed by atoms with Gasteiger partial charge in [-0.05, 0) is 43.9 Å². The van der Waals surface area contributed by atoms with Crippen LogP contribution in [0.2, 0.25) is 0 Å². The van der Waals surface area contributed by atoms with Gasteiger partial charge in [-0.2, -0.15) is 5.10 Å². The van der Waals surface area contributed by atoms with Crippen LogP contribution in [0.25, 0.3) is 5.69 Å². The van der Waals surface area contributed by atoms with Crippen LogP contribution in [-0.4, -0.2) is 25.9 Å². The minimum Gasteiger partial charge on any atom is -0.295 e. The molecule has 0 unspecified atom stereocenters. The Bertz CT molecular complexity index is 890. The van der Waals surface area contributed by atoms with E-state index in [4.69, 9.17) is 0 Å². The molecule has 122 valence electrons. The lowest BCUT2D eigenvalue weighted by Crippen LogP contribution is -2.15. The number of anilines is 1. The number of nitrogens with one attached hydrogen (secondary N) is 1. The first-order valence-electron chi connectivity index (χ1n) is 7.66. The highest BCUT2D eigenvalue weighted by Gasteiger charge is 2.26. The number of carbonyl (C=O) groups excluding carboxylic acids is 1. The fourth-order valence-electron chi connectivity index (χ4n) is 2.99. The number of halogens is 1. The molecule has 0 radical (unpaired) electrons. The number of aromatic nitrogens is 4. The Morgan fingerprint density at radius 2 is 2.17 bits per heavy atom. The molecule has 1 aliphatic carbocycles. The summed E-state index contributed by atoms with van der Waals surface area (Å²) in [6, 6.07) is 7.95. The highest BCUT2D eigenvalue weighted by atomic mass is 79.9. The van der Waals surface area contributed by atoms with Crippen LogP contribution in [0, 0.1) is 0 Å². The molecule has 0 saturated heterocycles. The van der Waals surface area contributed by atoms with Crippen LogP contribution in [-0.2, 0) is 12.8 Å². The lowest BCUT2D eigenvalue weighted by atomic mass is 9.95. The van der Waals surface area contributed by atoms with Gasteiger partial charge in [-0.3, -0.25) is 10.1 Å². The summed E-state index contributed by atoms with van der Waals surface area (Å²) in [6.07, 6.45) is 4.00. The largest absolute Gasteiger partial charge is 0.295 e. The summed E-state index contributed by atoms with van der Waals surface area (Å²) in [4.78, 5) is 12.6. The predicted octanol–water partition coefficient (Wildman–Crippen LogP) is 3.62. The zero-order chi connectivity index (χ0) is 16.5. The van der Waals surface area contributed by atoms with Crippen molar-refractivity contribution < 1.29 is 4.79 Å². The Morgan fingerprint density at radius 1 is 1.29 bits per heavy atom. The normalized spacial score (nSPS) is 13.5. The van der Waals surface area contributed by atoms with Gasteiger partial charge < -0.3 is 0 Å². The molecule has 2 aromatic heterocycles. The summed E-state index contributed by atoms with van der Waals surface area (Å²) < 4.78 is 2.88. The molecule has 1 aromatic carbocycles. The molecule has 24 heavy (non-hydrogen) atoms. The predicted molar refractivity (Wildman–Crippen MR) is 95.8 cm³/mol. The van der Waals surface area contributed by atoms with Gasteiger partial charge in [0.2, 0.25) is 5.13 Å². The van der Waals surface area contributed by atoms with Crippen LogP contribution in [0.1, 0.15) is 34.6 Å². The first-order valence-corrected chi connectivity index (χ1v) is 9.34. The molecule has 1 N–H and O–H groups in total. The van der Waals surface area contributed by atoms with E-state index in [1.54, 1.807) is 5.51 Å². The standard InChI is InChI=1S/C16H14BrN5OS/c17-10-4-3-5-11(8-10)22-13-7-2-1-6-12(13)14(21-22)15(23)19-16-20-18-9-24-16/h3-5,8-9H,1-2,6-7H2,(H,19,20,23). The molecule has 6 nitrogen and oxygen atoms in total. The molecular formula is C16H14BrN5OS. The van der Waals surface area contributed by atoms with E-state index in [0.717, 1.165) is 47.1 Å². The molecule has 3 aromatic rings. The molecule has 1 amide bonds. The molecule has 4 rings (SSSR count). The third-order valence-corrected chi connectivity index (χ3v) is 5.13. The summed E-state index contributed by atoms with van der Waals surface area (Å²) in [5.74, 6) is -0.223. The van der Waals surface area contributed by atoms with Crippen molar-refractivity contribution in [1.82, 2.24) is 20.0 Å². The van der Waals surface area contributed by atoms with Gasteiger partial charge in [0, 0.05) is 15.7 Å². The van der Waals surface area contributed by atoms with Crippen LogP contribution in [0.15, 0.2) is 34.2 Å². The Labute approximate surface area is 151 Å². The summed E-state index contributed by atoms with van der Waals surface area (Å²) in [5, 5.41) is 15.5. The van der Waals surface area contributed by atoms with Crippen molar-refractivity contribution in [2.24, 2.45) is 0 Å². The first kappa shape index (κ1) is 15.5. The maximum atomic E-state index is 12.6. The van der Waals surface area contributed by atoms with Crippen LogP contribution < -0.4 is 5.32 Å². The quantitative estimate of drug-likeness (QED) is 0.724. The highest BCUT2D eigenvalue weighted by Crippen LogP contribution is 2.28. The van der Waals surface area contributed by atoms with E-state index in [0.29, 0.717) is 10.8 Å². The van der Waals surface area contributed by atoms with Crippen molar-refractivity contribution in [1.29, 1.82) is 0 Å². The number of rotatable bonds is 3. The maximum Gasteiger partial charge on any atom is 0.278 e. The summed E-state index contributed by atoms with van der Waals surface area (Å²) in [7, 11) is 0. The van der Waals surface area contributed by atoms with Gasteiger partial charge in [0.1, 0.15) is 5.51 Å². The van der Waals surface area contributed by atoms with Crippen molar-refractivity contribution in [2.75, 3.05) is 5.32 Å². The molecular weight excluding hydrogens is 390 g/mol. The summed E-state index contributed by atoms with van der Waals surface area (Å²) in [6.45, 7) is 0. The molecule has 0 bridgehead atoms. The van der Waals surface area contributed by atoms with Crippen LogP contribution in [0.4, 0.5) is 5.13 Å². The van der Waals surface area contributed by atoms with Gasteiger partial charge in [0.15, 0.2) is 5.69 Å². The second kappa shape index (κ2) is 6.45. The van der Waals surface area contributed by atoms with E-state index < -0.39 is 0 Å². The Balaban J connectivity index is 1.76. The van der Waals surface area contributed by atoms with Crippen LogP contribution >= 0.6 is 27.3 Å². The minimum absolute atomic E-state index is 0.223. The topological polar surface area (TPSA) is 72.7 Å². The summed E-state index contributed by atoms with van der Waals surface area (Å²) >= 11 is 4.79. The maximum absolute atomic E-state index is 12.6. The second-order valence-corrected chi connectivity index (χ2v) is 7.32. The van der Waals surface area contributed by atoms with E-state index in [1.807, 2.05) is 28.9 Å². The Kier molecular flexibility index (Phi) is 4.15. The van der Waals surface area contributed by atoms with Crippen LogP contribution in [0.5, 0.6) is 0 Å². The lowest BCUT2D eigenvalue weighted by molar-refractivity contribution is 0.102. The van der Waals surface area contributed by atoms with Crippen molar-refractivity contribution >= 4 is 38.3 Å². The average molecular weight is 404 g/mol. The van der Waals surface area contributed by atoms with E-state index >= 15 is 0 Å². The lowest BCUT2D eigenvalue weighted by Gasteiger charge is -2.14. The second-order valence-electron chi connectivity index (χ2n) is 5.57. The average Bonchev–Trinajstić information content (AvgIpc) is 3.22. The molecule has 2 heterocycles. The highest BCUT2D eigenvalue weighted by molar-refractivity contribution is 9.10. The van der Waals surface area contributed by atoms with Gasteiger partial charge in [-0.15, -0.1) is 10.2 Å². The number of nitrogens with zero attached hydrogens (tertiary/aromatic N) is 4. The fourth-order valence-corrected chi connectivity index (χ4v) is 3.81. The number of amides is 1. The van der Waals surface area contributed by atoms with E-state index in [-0.39, 0.29) is 5.91 Å². The number of benzene rings is 1. The number of hydrogen-bond acceptors (Lipinski definition) is 5. The monoisotopic (exact) mass is 403 g/mol. The van der Waals surface area contributed by atoms with E-state index in [9.17, 15) is 4.79 Å². The van der Waals surface area contributed by atoms with Crippen molar-refractivity contribution in [3.05, 3.63) is 51.2 Å². The molecule has 1 aliphatic rings. The molecule has 0 aliphatic heterocycles. The number of carbonyl (C=O) groups is 1. The van der Waals surface area contributed by atoms with E-state index in [1.165, 1.54) is 11.3 Å². The van der Waals surface area contributed by atoms with Gasteiger partial charge in [-0.25, -0.2) is 4.68 Å². The minimum atomic E-state index is -0.223. The number of fused-ring (bicyclic) bond motifs is 1. The summed E-state index contributed by atoms with van der Waals surface area (Å²) in [5.41, 5.74) is 5.20. The molecule has 8 heteroatoms. The molecule has 0 saturated carbocycles. The van der Waals surface area contributed by atoms with Crippen LogP contribution in [0.3, 0.4) is 0 Å². The molecule has 0 spiro atoms. The van der Waals surface area contributed by atoms with Crippen molar-refractivity contribution in [3.8, 4) is 5.69 Å². The zero-order valence-corrected chi connectivity index (χ0v) is 15.1. The van der Waals surface area contributed by atoms with Gasteiger partial charge >= 0.3 is 0 Å².